The second-order valence-corrected chi connectivity index (χ2v) is 0.447. The van der Waals surface area contributed by atoms with Crippen molar-refractivity contribution in [1.29, 1.82) is 0 Å². The van der Waals surface area contributed by atoms with E-state index in [9.17, 15) is 0 Å². The molecule has 3 nitrogen and oxygen atoms in total. The minimum atomic E-state index is -0.125. The summed E-state index contributed by atoms with van der Waals surface area (Å²) in [6, 6.07) is 0. The van der Waals surface area contributed by atoms with Gasteiger partial charge in [-0.15, -0.1) is 0 Å². The molecule has 7 heavy (non-hydrogen) atoms. The number of hydrogen-bond donors (Lipinski definition) is 3. The molecule has 0 aromatic heterocycles. The molecule has 0 saturated heterocycles. The van der Waals surface area contributed by atoms with Crippen molar-refractivity contribution in [3.63, 3.8) is 0 Å². The molecule has 0 aromatic rings. The molecule has 1 radical (unpaired) electrons. The molecule has 0 fully saturated rings. The van der Waals surface area contributed by atoms with Gasteiger partial charge in [-0.2, -0.15) is 0 Å². The Morgan fingerprint density at radius 2 is 1.14 bits per heavy atom. The first-order chi connectivity index (χ1) is 2.91. The SMILES string of the molecule is CO.OCCO.[Co]. The molecule has 0 rings (SSSR count). The van der Waals surface area contributed by atoms with Crippen LogP contribution in [0, 0.1) is 0 Å². The van der Waals surface area contributed by atoms with Crippen molar-refractivity contribution in [1.82, 2.24) is 0 Å². The van der Waals surface area contributed by atoms with Crippen LogP contribution in [0.25, 0.3) is 0 Å². The summed E-state index contributed by atoms with van der Waals surface area (Å²) in [6.45, 7) is -0.250. The normalized spacial score (nSPS) is 5.14. The Morgan fingerprint density at radius 1 is 1.00 bits per heavy atom. The van der Waals surface area contributed by atoms with Crippen molar-refractivity contribution in [2.24, 2.45) is 0 Å². The van der Waals surface area contributed by atoms with Gasteiger partial charge in [-0.25, -0.2) is 0 Å². The van der Waals surface area contributed by atoms with Crippen molar-refractivity contribution >= 4 is 0 Å². The molecule has 0 bridgehead atoms. The summed E-state index contributed by atoms with van der Waals surface area (Å²) < 4.78 is 0. The third kappa shape index (κ3) is 63.9. The van der Waals surface area contributed by atoms with Crippen molar-refractivity contribution in [2.75, 3.05) is 20.3 Å². The largest absolute Gasteiger partial charge is 0.400 e. The van der Waals surface area contributed by atoms with Crippen molar-refractivity contribution in [3.05, 3.63) is 0 Å². The van der Waals surface area contributed by atoms with Gasteiger partial charge in [0, 0.05) is 23.9 Å². The number of hydrogen-bond acceptors (Lipinski definition) is 3. The molecule has 0 aliphatic heterocycles. The Bertz CT molecular complexity index is 12.1. The summed E-state index contributed by atoms with van der Waals surface area (Å²) in [7, 11) is 1.00. The molecule has 49 valence electrons. The zero-order valence-electron chi connectivity index (χ0n) is 4.09. The standard InChI is InChI=1S/C2H6O2.CH4O.Co/c3-1-2-4;1-2;/h3-4H,1-2H2;2H,1H3;. The van der Waals surface area contributed by atoms with Gasteiger partial charge < -0.3 is 15.3 Å². The van der Waals surface area contributed by atoms with Crippen LogP contribution in [0.4, 0.5) is 0 Å². The fourth-order valence-corrected chi connectivity index (χ4v) is 0. The van der Waals surface area contributed by atoms with E-state index in [1.807, 2.05) is 0 Å². The van der Waals surface area contributed by atoms with Gasteiger partial charge >= 0.3 is 0 Å². The molecule has 0 aliphatic rings. The maximum atomic E-state index is 7.62. The van der Waals surface area contributed by atoms with E-state index in [2.05, 4.69) is 0 Å². The Balaban J connectivity index is -0.0000000480. The maximum Gasteiger partial charge on any atom is 0.0662 e. The summed E-state index contributed by atoms with van der Waals surface area (Å²) in [5, 5.41) is 22.2. The summed E-state index contributed by atoms with van der Waals surface area (Å²) in [5.41, 5.74) is 0. The molecule has 0 aliphatic carbocycles. The van der Waals surface area contributed by atoms with Crippen molar-refractivity contribution < 1.29 is 32.1 Å². The molecule has 0 aromatic carbocycles. The minimum Gasteiger partial charge on any atom is -0.400 e. The Kier molecular flexibility index (Phi) is 72.8. The Labute approximate surface area is 53.2 Å². The van der Waals surface area contributed by atoms with Gasteiger partial charge in [0.1, 0.15) is 0 Å². The quantitative estimate of drug-likeness (QED) is 0.433. The minimum absolute atomic E-state index is 0. The van der Waals surface area contributed by atoms with Crippen LogP contribution >= 0.6 is 0 Å². The van der Waals surface area contributed by atoms with Crippen LogP contribution in [-0.4, -0.2) is 35.6 Å². The zero-order chi connectivity index (χ0) is 5.41. The fourth-order valence-electron chi connectivity index (χ4n) is 0. The summed E-state index contributed by atoms with van der Waals surface area (Å²) in [5.74, 6) is 0. The molecule has 3 N–H and O–H groups in total. The van der Waals surface area contributed by atoms with E-state index < -0.39 is 0 Å². The van der Waals surface area contributed by atoms with E-state index >= 15 is 0 Å². The zero-order valence-corrected chi connectivity index (χ0v) is 5.13. The molecule has 0 unspecified atom stereocenters. The van der Waals surface area contributed by atoms with E-state index in [1.165, 1.54) is 0 Å². The topological polar surface area (TPSA) is 60.7 Å². The van der Waals surface area contributed by atoms with E-state index in [1.54, 1.807) is 0 Å². The van der Waals surface area contributed by atoms with E-state index in [0.717, 1.165) is 7.11 Å². The molecule has 0 atom stereocenters. The number of rotatable bonds is 1. The molecule has 0 heterocycles. The maximum absolute atomic E-state index is 7.62. The molecule has 0 spiro atoms. The van der Waals surface area contributed by atoms with Gasteiger partial charge in [-0.05, 0) is 0 Å². The predicted octanol–water partition coefficient (Wildman–Crippen LogP) is -1.42. The smallest absolute Gasteiger partial charge is 0.0662 e. The van der Waals surface area contributed by atoms with Crippen LogP contribution in [0.1, 0.15) is 0 Å². The molecular formula is C3H10CoO3. The second-order valence-electron chi connectivity index (χ2n) is 0.447. The first-order valence-electron chi connectivity index (χ1n) is 1.58. The number of aliphatic hydroxyl groups is 3. The van der Waals surface area contributed by atoms with Gasteiger partial charge in [-0.1, -0.05) is 0 Å². The second kappa shape index (κ2) is 32.5. The molecule has 0 amide bonds. The number of aliphatic hydroxyl groups excluding tert-OH is 3. The Hall–Kier alpha value is 0.386. The van der Waals surface area contributed by atoms with Gasteiger partial charge in [-0.3, -0.25) is 0 Å². The van der Waals surface area contributed by atoms with E-state index in [4.69, 9.17) is 15.3 Å². The fraction of sp³-hybridized carbons (Fsp3) is 1.00. The first-order valence-corrected chi connectivity index (χ1v) is 1.58. The van der Waals surface area contributed by atoms with Gasteiger partial charge in [0.25, 0.3) is 0 Å². The van der Waals surface area contributed by atoms with E-state index in [0.29, 0.717) is 0 Å². The molecule has 0 saturated carbocycles. The van der Waals surface area contributed by atoms with Crippen LogP contribution in [0.15, 0.2) is 0 Å². The van der Waals surface area contributed by atoms with Crippen LogP contribution in [0.2, 0.25) is 0 Å². The third-order valence-electron chi connectivity index (χ3n) is 0.1000. The summed E-state index contributed by atoms with van der Waals surface area (Å²) in [4.78, 5) is 0. The average Bonchev–Trinajstić information content (AvgIpc) is 1.72. The van der Waals surface area contributed by atoms with Crippen LogP contribution in [0.3, 0.4) is 0 Å². The Morgan fingerprint density at radius 3 is 1.14 bits per heavy atom. The van der Waals surface area contributed by atoms with Crippen LogP contribution < -0.4 is 0 Å². The molecule has 4 heteroatoms. The monoisotopic (exact) mass is 153 g/mol. The first kappa shape index (κ1) is 15.7. The van der Waals surface area contributed by atoms with Crippen molar-refractivity contribution in [3.8, 4) is 0 Å². The summed E-state index contributed by atoms with van der Waals surface area (Å²) >= 11 is 0. The van der Waals surface area contributed by atoms with Gasteiger partial charge in [0.2, 0.25) is 0 Å². The molecular weight excluding hydrogens is 143 g/mol. The van der Waals surface area contributed by atoms with Crippen LogP contribution in [-0.2, 0) is 16.8 Å². The van der Waals surface area contributed by atoms with Gasteiger partial charge in [0.15, 0.2) is 0 Å². The van der Waals surface area contributed by atoms with Gasteiger partial charge in [0.05, 0.1) is 13.2 Å². The van der Waals surface area contributed by atoms with Crippen molar-refractivity contribution in [2.45, 2.75) is 0 Å². The predicted molar refractivity (Wildman–Crippen MR) is 22.3 cm³/mol. The summed E-state index contributed by atoms with van der Waals surface area (Å²) in [6.07, 6.45) is 0. The third-order valence-corrected chi connectivity index (χ3v) is 0.1000. The van der Waals surface area contributed by atoms with E-state index in [-0.39, 0.29) is 30.0 Å². The average molecular weight is 153 g/mol. The van der Waals surface area contributed by atoms with Crippen LogP contribution in [0.5, 0.6) is 0 Å².